The van der Waals surface area contributed by atoms with E-state index in [4.69, 9.17) is 0 Å². The summed E-state index contributed by atoms with van der Waals surface area (Å²) in [4.78, 5) is 44.4. The van der Waals surface area contributed by atoms with Crippen LogP contribution >= 0.6 is 11.3 Å². The van der Waals surface area contributed by atoms with Gasteiger partial charge in [-0.2, -0.15) is 0 Å². The molecule has 7 heteroatoms. The van der Waals surface area contributed by atoms with Crippen molar-refractivity contribution in [3.63, 3.8) is 0 Å². The number of nitrogens with one attached hydrogen (secondary N) is 1. The van der Waals surface area contributed by atoms with E-state index < -0.39 is 6.04 Å². The summed E-state index contributed by atoms with van der Waals surface area (Å²) in [7, 11) is 0. The molecule has 0 aromatic carbocycles. The van der Waals surface area contributed by atoms with Crippen molar-refractivity contribution in [3.05, 3.63) is 46.7 Å². The molecule has 2 heterocycles. The molecule has 138 valence electrons. The number of unbranched alkanes of at least 4 members (excludes halogenated alkanes) is 2. The van der Waals surface area contributed by atoms with Gasteiger partial charge in [0.1, 0.15) is 10.7 Å². The predicted molar refractivity (Wildman–Crippen MR) is 100 cm³/mol. The number of aromatic nitrogens is 2. The second kappa shape index (κ2) is 10.6. The molecule has 0 radical (unpaired) electrons. The molecule has 1 N–H and O–H groups in total. The molecule has 1 amide bonds. The lowest BCUT2D eigenvalue weighted by Gasteiger charge is -2.17. The average Bonchev–Trinajstić information content (AvgIpc) is 3.15. The van der Waals surface area contributed by atoms with E-state index >= 15 is 0 Å². The van der Waals surface area contributed by atoms with E-state index in [1.807, 2.05) is 6.07 Å². The minimum Gasteiger partial charge on any atom is -0.341 e. The summed E-state index contributed by atoms with van der Waals surface area (Å²) < 4.78 is 0. The lowest BCUT2D eigenvalue weighted by atomic mass is 9.99. The Balaban J connectivity index is 1.94. The Kier molecular flexibility index (Phi) is 8.08. The number of carbonyl (C=O) groups is 3. The van der Waals surface area contributed by atoms with E-state index in [0.717, 1.165) is 24.8 Å². The lowest BCUT2D eigenvalue weighted by molar-refractivity contribution is -0.120. The number of rotatable bonds is 11. The Morgan fingerprint density at radius 3 is 2.65 bits per heavy atom. The third-order valence-electron chi connectivity index (χ3n) is 3.97. The third kappa shape index (κ3) is 6.84. The Morgan fingerprint density at radius 1 is 1.15 bits per heavy atom. The molecule has 2 aromatic heterocycles. The maximum atomic E-state index is 12.7. The fourth-order valence-corrected chi connectivity index (χ4v) is 3.12. The van der Waals surface area contributed by atoms with Gasteiger partial charge in [-0.25, -0.2) is 0 Å². The molecule has 26 heavy (non-hydrogen) atoms. The molecule has 2 aromatic rings. The maximum absolute atomic E-state index is 12.7. The second-order valence-electron chi connectivity index (χ2n) is 6.20. The molecule has 0 bridgehead atoms. The largest absolute Gasteiger partial charge is 0.341 e. The Labute approximate surface area is 157 Å². The highest BCUT2D eigenvalue weighted by Gasteiger charge is 2.22. The van der Waals surface area contributed by atoms with Crippen molar-refractivity contribution in [2.75, 3.05) is 0 Å². The number of Topliss-reactive ketones (excluding diaryl/α,β-unsaturated/α-hetero) is 2. The van der Waals surface area contributed by atoms with Gasteiger partial charge in [-0.05, 0) is 31.4 Å². The zero-order chi connectivity index (χ0) is 18.8. The summed E-state index contributed by atoms with van der Waals surface area (Å²) in [5, 5.41) is 2.83. The van der Waals surface area contributed by atoms with Gasteiger partial charge < -0.3 is 10.1 Å². The van der Waals surface area contributed by atoms with Crippen LogP contribution in [0.15, 0.2) is 36.2 Å². The summed E-state index contributed by atoms with van der Waals surface area (Å²) in [6.45, 7) is 1.58. The highest BCUT2D eigenvalue weighted by molar-refractivity contribution is 7.11. The molecule has 0 spiro atoms. The summed E-state index contributed by atoms with van der Waals surface area (Å²) in [5.41, 5.74) is 2.41. The fraction of sp³-hybridized carbons (Fsp3) is 0.421. The molecule has 0 aliphatic heterocycles. The van der Waals surface area contributed by atoms with Crippen LogP contribution < -0.4 is 5.32 Å². The van der Waals surface area contributed by atoms with Crippen molar-refractivity contribution in [2.24, 2.45) is 0 Å². The smallest absolute Gasteiger partial charge is 0.263 e. The van der Waals surface area contributed by atoms with Crippen molar-refractivity contribution >= 4 is 28.8 Å². The molecule has 0 saturated carbocycles. The van der Waals surface area contributed by atoms with Gasteiger partial charge in [0.25, 0.3) is 5.91 Å². The van der Waals surface area contributed by atoms with Crippen LogP contribution in [0.1, 0.15) is 54.3 Å². The molecular weight excluding hydrogens is 350 g/mol. The van der Waals surface area contributed by atoms with Crippen LogP contribution in [-0.4, -0.2) is 33.5 Å². The van der Waals surface area contributed by atoms with Crippen LogP contribution in [-0.2, 0) is 16.0 Å². The minimum absolute atomic E-state index is 0.0394. The van der Waals surface area contributed by atoms with E-state index in [2.05, 4.69) is 15.3 Å². The molecule has 0 aliphatic rings. The normalized spacial score (nSPS) is 11.7. The van der Waals surface area contributed by atoms with Gasteiger partial charge in [0.15, 0.2) is 5.78 Å². The number of pyridine rings is 1. The first-order valence-corrected chi connectivity index (χ1v) is 9.54. The summed E-state index contributed by atoms with van der Waals surface area (Å²) in [5.74, 6) is -0.143. The number of carbonyl (C=O) groups excluding carboxylic acids is 3. The summed E-state index contributed by atoms with van der Waals surface area (Å²) in [6.07, 6.45) is 8.60. The van der Waals surface area contributed by atoms with Gasteiger partial charge in [-0.3, -0.25) is 19.6 Å². The number of hydrogen-bond acceptors (Lipinski definition) is 6. The zero-order valence-corrected chi connectivity index (χ0v) is 15.6. The molecule has 0 aliphatic carbocycles. The van der Waals surface area contributed by atoms with Crippen LogP contribution in [0.5, 0.6) is 0 Å². The molecule has 0 saturated heterocycles. The van der Waals surface area contributed by atoms with Crippen LogP contribution in [0.3, 0.4) is 0 Å². The average molecular weight is 373 g/mol. The van der Waals surface area contributed by atoms with Gasteiger partial charge in [0.2, 0.25) is 0 Å². The van der Waals surface area contributed by atoms with Crippen LogP contribution in [0, 0.1) is 0 Å². The molecule has 2 rings (SSSR count). The molecule has 0 unspecified atom stereocenters. The van der Waals surface area contributed by atoms with Gasteiger partial charge in [-0.1, -0.05) is 18.9 Å². The first kappa shape index (κ1) is 19.9. The Bertz CT molecular complexity index is 717. The van der Waals surface area contributed by atoms with E-state index in [-0.39, 0.29) is 23.9 Å². The summed E-state index contributed by atoms with van der Waals surface area (Å²) >= 11 is 1.24. The number of amides is 1. The standard InChI is InChI=1S/C19H23N3O3S/c1-14(23)6-3-2-4-8-16(22-19(25)18-12-21-13-26-18)17(24)10-15-7-5-9-20-11-15/h5,7,9,11-13,16H,2-4,6,8,10H2,1H3,(H,22,25)/t16-/m0/s1. The topological polar surface area (TPSA) is 89.0 Å². The summed E-state index contributed by atoms with van der Waals surface area (Å²) in [6, 6.07) is 3.08. The Morgan fingerprint density at radius 2 is 2.00 bits per heavy atom. The fourth-order valence-electron chi connectivity index (χ4n) is 2.60. The van der Waals surface area contributed by atoms with Crippen molar-refractivity contribution in [1.29, 1.82) is 0 Å². The predicted octanol–water partition coefficient (Wildman–Crippen LogP) is 2.99. The van der Waals surface area contributed by atoms with E-state index in [1.165, 1.54) is 17.5 Å². The SMILES string of the molecule is CC(=O)CCCCC[C@H](NC(=O)c1cncs1)C(=O)Cc1cccnc1. The van der Waals surface area contributed by atoms with Gasteiger partial charge in [0.05, 0.1) is 17.7 Å². The molecule has 0 fully saturated rings. The quantitative estimate of drug-likeness (QED) is 0.612. The monoisotopic (exact) mass is 373 g/mol. The van der Waals surface area contributed by atoms with Crippen LogP contribution in [0.4, 0.5) is 0 Å². The third-order valence-corrected chi connectivity index (χ3v) is 4.74. The van der Waals surface area contributed by atoms with Crippen molar-refractivity contribution in [2.45, 2.75) is 51.5 Å². The molecular formula is C19H23N3O3S. The van der Waals surface area contributed by atoms with Crippen LogP contribution in [0.2, 0.25) is 0 Å². The molecule has 1 atom stereocenters. The highest BCUT2D eigenvalue weighted by atomic mass is 32.1. The van der Waals surface area contributed by atoms with Crippen molar-refractivity contribution < 1.29 is 14.4 Å². The first-order valence-electron chi connectivity index (χ1n) is 8.66. The van der Waals surface area contributed by atoms with E-state index in [1.54, 1.807) is 30.9 Å². The van der Waals surface area contributed by atoms with Crippen molar-refractivity contribution in [1.82, 2.24) is 15.3 Å². The Hall–Kier alpha value is -2.41. The van der Waals surface area contributed by atoms with E-state index in [9.17, 15) is 14.4 Å². The maximum Gasteiger partial charge on any atom is 0.263 e. The van der Waals surface area contributed by atoms with E-state index in [0.29, 0.717) is 17.7 Å². The van der Waals surface area contributed by atoms with Crippen LogP contribution in [0.25, 0.3) is 0 Å². The number of ketones is 2. The number of thiazole rings is 1. The van der Waals surface area contributed by atoms with Crippen molar-refractivity contribution in [3.8, 4) is 0 Å². The minimum atomic E-state index is -0.554. The van der Waals surface area contributed by atoms with Gasteiger partial charge >= 0.3 is 0 Å². The molecule has 6 nitrogen and oxygen atoms in total. The number of hydrogen-bond donors (Lipinski definition) is 1. The first-order chi connectivity index (χ1) is 12.6. The zero-order valence-electron chi connectivity index (χ0n) is 14.8. The van der Waals surface area contributed by atoms with Gasteiger partial charge in [-0.15, -0.1) is 11.3 Å². The lowest BCUT2D eigenvalue weighted by Crippen LogP contribution is -2.41. The second-order valence-corrected chi connectivity index (χ2v) is 7.08. The van der Waals surface area contributed by atoms with Gasteiger partial charge in [0, 0.05) is 25.2 Å². The number of nitrogens with zero attached hydrogens (tertiary/aromatic N) is 2. The highest BCUT2D eigenvalue weighted by Crippen LogP contribution is 2.12.